The van der Waals surface area contributed by atoms with Crippen LogP contribution in [0.5, 0.6) is 0 Å². The molecular formula is C12H16N2. The van der Waals surface area contributed by atoms with Crippen LogP contribution < -0.4 is 4.90 Å². The second-order valence-corrected chi connectivity index (χ2v) is 3.23. The SMILES string of the molecule is CCCN(CCC#N)c1ccccc1. The van der Waals surface area contributed by atoms with Gasteiger partial charge in [0.2, 0.25) is 0 Å². The van der Waals surface area contributed by atoms with Crippen LogP contribution in [-0.4, -0.2) is 13.1 Å². The van der Waals surface area contributed by atoms with Gasteiger partial charge in [-0.25, -0.2) is 0 Å². The van der Waals surface area contributed by atoms with Crippen molar-refractivity contribution >= 4 is 5.69 Å². The maximum absolute atomic E-state index is 8.55. The van der Waals surface area contributed by atoms with Crippen molar-refractivity contribution in [2.75, 3.05) is 18.0 Å². The van der Waals surface area contributed by atoms with E-state index in [1.807, 2.05) is 18.2 Å². The molecule has 0 unspecified atom stereocenters. The fourth-order valence-electron chi connectivity index (χ4n) is 1.46. The molecule has 1 aromatic carbocycles. The van der Waals surface area contributed by atoms with Crippen LogP contribution in [-0.2, 0) is 0 Å². The molecular weight excluding hydrogens is 172 g/mol. The van der Waals surface area contributed by atoms with Crippen molar-refractivity contribution < 1.29 is 0 Å². The van der Waals surface area contributed by atoms with Gasteiger partial charge in [-0.1, -0.05) is 25.1 Å². The Morgan fingerprint density at radius 3 is 2.50 bits per heavy atom. The van der Waals surface area contributed by atoms with E-state index in [2.05, 4.69) is 30.0 Å². The highest BCUT2D eigenvalue weighted by atomic mass is 15.1. The Bertz CT molecular complexity index is 287. The average molecular weight is 188 g/mol. The third-order valence-electron chi connectivity index (χ3n) is 2.11. The summed E-state index contributed by atoms with van der Waals surface area (Å²) in [7, 11) is 0. The van der Waals surface area contributed by atoms with Gasteiger partial charge < -0.3 is 4.90 Å². The lowest BCUT2D eigenvalue weighted by molar-refractivity contribution is 0.768. The normalized spacial score (nSPS) is 9.43. The Kier molecular flexibility index (Phi) is 4.57. The number of anilines is 1. The molecule has 14 heavy (non-hydrogen) atoms. The topological polar surface area (TPSA) is 27.0 Å². The molecule has 0 spiro atoms. The molecule has 0 aliphatic heterocycles. The summed E-state index contributed by atoms with van der Waals surface area (Å²) in [4.78, 5) is 2.25. The summed E-state index contributed by atoms with van der Waals surface area (Å²) in [6.07, 6.45) is 1.70. The minimum atomic E-state index is 0.592. The highest BCUT2D eigenvalue weighted by Gasteiger charge is 2.03. The number of nitriles is 1. The zero-order valence-corrected chi connectivity index (χ0v) is 8.61. The van der Waals surface area contributed by atoms with Gasteiger partial charge in [0.1, 0.15) is 0 Å². The fourth-order valence-corrected chi connectivity index (χ4v) is 1.46. The zero-order chi connectivity index (χ0) is 10.2. The second-order valence-electron chi connectivity index (χ2n) is 3.23. The van der Waals surface area contributed by atoms with E-state index in [1.165, 1.54) is 5.69 Å². The van der Waals surface area contributed by atoms with Crippen LogP contribution in [0.25, 0.3) is 0 Å². The number of para-hydroxylation sites is 1. The van der Waals surface area contributed by atoms with Gasteiger partial charge in [-0.15, -0.1) is 0 Å². The van der Waals surface area contributed by atoms with Crippen molar-refractivity contribution in [3.8, 4) is 6.07 Å². The highest BCUT2D eigenvalue weighted by molar-refractivity contribution is 5.45. The molecule has 0 heterocycles. The Morgan fingerprint density at radius 2 is 1.93 bits per heavy atom. The zero-order valence-electron chi connectivity index (χ0n) is 8.61. The van der Waals surface area contributed by atoms with E-state index < -0.39 is 0 Å². The van der Waals surface area contributed by atoms with E-state index in [0.29, 0.717) is 6.42 Å². The fraction of sp³-hybridized carbons (Fsp3) is 0.417. The molecule has 74 valence electrons. The summed E-state index contributed by atoms with van der Waals surface area (Å²) in [6, 6.07) is 12.4. The minimum absolute atomic E-state index is 0.592. The summed E-state index contributed by atoms with van der Waals surface area (Å²) in [5.74, 6) is 0. The lowest BCUT2D eigenvalue weighted by Gasteiger charge is -2.22. The summed E-state index contributed by atoms with van der Waals surface area (Å²) in [5, 5.41) is 8.55. The first-order chi connectivity index (χ1) is 6.88. The second kappa shape index (κ2) is 6.04. The van der Waals surface area contributed by atoms with Crippen molar-refractivity contribution in [1.82, 2.24) is 0 Å². The first kappa shape index (κ1) is 10.6. The van der Waals surface area contributed by atoms with E-state index in [0.717, 1.165) is 19.5 Å². The minimum Gasteiger partial charge on any atom is -0.371 e. The third kappa shape index (κ3) is 3.10. The van der Waals surface area contributed by atoms with Crippen molar-refractivity contribution in [2.24, 2.45) is 0 Å². The molecule has 2 nitrogen and oxygen atoms in total. The molecule has 0 atom stereocenters. The molecule has 0 aliphatic rings. The molecule has 0 fully saturated rings. The lowest BCUT2D eigenvalue weighted by Crippen LogP contribution is -2.24. The lowest BCUT2D eigenvalue weighted by atomic mass is 10.2. The Labute approximate surface area is 85.8 Å². The number of hydrogen-bond donors (Lipinski definition) is 0. The number of hydrogen-bond acceptors (Lipinski definition) is 2. The Hall–Kier alpha value is -1.49. The third-order valence-corrected chi connectivity index (χ3v) is 2.11. The van der Waals surface area contributed by atoms with E-state index >= 15 is 0 Å². The van der Waals surface area contributed by atoms with Gasteiger partial charge in [0, 0.05) is 18.8 Å². The predicted molar refractivity (Wildman–Crippen MR) is 59.2 cm³/mol. The summed E-state index contributed by atoms with van der Waals surface area (Å²) < 4.78 is 0. The van der Waals surface area contributed by atoms with Gasteiger partial charge in [0.05, 0.1) is 12.5 Å². The molecule has 2 heteroatoms. The summed E-state index contributed by atoms with van der Waals surface area (Å²) >= 11 is 0. The van der Waals surface area contributed by atoms with E-state index in [1.54, 1.807) is 0 Å². The first-order valence-corrected chi connectivity index (χ1v) is 5.05. The predicted octanol–water partition coefficient (Wildman–Crippen LogP) is 2.82. The molecule has 0 aliphatic carbocycles. The van der Waals surface area contributed by atoms with E-state index in [-0.39, 0.29) is 0 Å². The van der Waals surface area contributed by atoms with Crippen LogP contribution >= 0.6 is 0 Å². The Morgan fingerprint density at radius 1 is 1.21 bits per heavy atom. The van der Waals surface area contributed by atoms with Crippen molar-refractivity contribution in [2.45, 2.75) is 19.8 Å². The van der Waals surface area contributed by atoms with Crippen LogP contribution in [0.1, 0.15) is 19.8 Å². The number of nitrogens with zero attached hydrogens (tertiary/aromatic N) is 2. The molecule has 1 rings (SSSR count). The molecule has 1 aromatic rings. The summed E-state index contributed by atoms with van der Waals surface area (Å²) in [5.41, 5.74) is 1.21. The molecule has 0 saturated heterocycles. The average Bonchev–Trinajstić information content (AvgIpc) is 2.25. The van der Waals surface area contributed by atoms with Gasteiger partial charge >= 0.3 is 0 Å². The van der Waals surface area contributed by atoms with E-state index in [9.17, 15) is 0 Å². The van der Waals surface area contributed by atoms with Crippen molar-refractivity contribution in [3.63, 3.8) is 0 Å². The van der Waals surface area contributed by atoms with Crippen LogP contribution in [0.3, 0.4) is 0 Å². The van der Waals surface area contributed by atoms with Gasteiger partial charge in [0.25, 0.3) is 0 Å². The van der Waals surface area contributed by atoms with Gasteiger partial charge in [-0.2, -0.15) is 5.26 Å². The van der Waals surface area contributed by atoms with E-state index in [4.69, 9.17) is 5.26 Å². The highest BCUT2D eigenvalue weighted by Crippen LogP contribution is 2.13. The monoisotopic (exact) mass is 188 g/mol. The molecule has 0 amide bonds. The molecule has 0 saturated carbocycles. The van der Waals surface area contributed by atoms with Crippen LogP contribution in [0.15, 0.2) is 30.3 Å². The largest absolute Gasteiger partial charge is 0.371 e. The maximum atomic E-state index is 8.55. The smallest absolute Gasteiger partial charge is 0.0640 e. The maximum Gasteiger partial charge on any atom is 0.0640 e. The van der Waals surface area contributed by atoms with Crippen molar-refractivity contribution in [3.05, 3.63) is 30.3 Å². The first-order valence-electron chi connectivity index (χ1n) is 5.05. The standard InChI is InChI=1S/C12H16N2/c1-2-10-14(11-6-9-13)12-7-4-3-5-8-12/h3-5,7-8H,2,6,10-11H2,1H3. The van der Waals surface area contributed by atoms with Crippen molar-refractivity contribution in [1.29, 1.82) is 5.26 Å². The quantitative estimate of drug-likeness (QED) is 0.710. The van der Waals surface area contributed by atoms with Gasteiger partial charge in [-0.05, 0) is 18.6 Å². The Balaban J connectivity index is 2.63. The molecule has 0 N–H and O–H groups in total. The number of rotatable bonds is 5. The van der Waals surface area contributed by atoms with Gasteiger partial charge in [0.15, 0.2) is 0 Å². The number of benzene rings is 1. The van der Waals surface area contributed by atoms with Gasteiger partial charge in [-0.3, -0.25) is 0 Å². The molecule has 0 radical (unpaired) electrons. The molecule has 0 bridgehead atoms. The summed E-state index contributed by atoms with van der Waals surface area (Å²) in [6.45, 7) is 4.00. The molecule has 0 aromatic heterocycles. The van der Waals surface area contributed by atoms with Crippen LogP contribution in [0.4, 0.5) is 5.69 Å². The van der Waals surface area contributed by atoms with Crippen LogP contribution in [0, 0.1) is 11.3 Å². The van der Waals surface area contributed by atoms with Crippen LogP contribution in [0.2, 0.25) is 0 Å².